The summed E-state index contributed by atoms with van der Waals surface area (Å²) in [6.07, 6.45) is 7.31. The predicted octanol–water partition coefficient (Wildman–Crippen LogP) is 3.96. The zero-order valence-electron chi connectivity index (χ0n) is 18.8. The minimum atomic E-state index is -0.789. The zero-order valence-corrected chi connectivity index (χ0v) is 18.8. The van der Waals surface area contributed by atoms with E-state index >= 15 is 0 Å². The molecule has 1 saturated carbocycles. The molecule has 2 aliphatic carbocycles. The number of carbonyl (C=O) groups is 1. The second kappa shape index (κ2) is 8.99. The molecular weight excluding hydrogens is 384 g/mol. The van der Waals surface area contributed by atoms with Crippen LogP contribution in [0.3, 0.4) is 0 Å². The lowest BCUT2D eigenvalue weighted by molar-refractivity contribution is -0.453. The maximum Gasteiger partial charge on any atom is 0.190 e. The summed E-state index contributed by atoms with van der Waals surface area (Å²) < 4.78 is 13.0. The van der Waals surface area contributed by atoms with Gasteiger partial charge in [-0.1, -0.05) is 19.9 Å². The van der Waals surface area contributed by atoms with Crippen molar-refractivity contribution >= 4 is 5.78 Å². The highest BCUT2D eigenvalue weighted by atomic mass is 17.2. The van der Waals surface area contributed by atoms with Crippen LogP contribution >= 0.6 is 0 Å². The second-order valence-corrected chi connectivity index (χ2v) is 9.99. The van der Waals surface area contributed by atoms with Crippen LogP contribution < -0.4 is 0 Å². The van der Waals surface area contributed by atoms with E-state index in [0.717, 1.165) is 38.5 Å². The van der Waals surface area contributed by atoms with E-state index < -0.39 is 18.0 Å². The zero-order chi connectivity index (χ0) is 21.5. The molecule has 0 radical (unpaired) electrons. The third kappa shape index (κ3) is 3.79. The molecule has 0 bridgehead atoms. The van der Waals surface area contributed by atoms with Crippen molar-refractivity contribution in [2.75, 3.05) is 7.11 Å². The number of allylic oxidation sites excluding steroid dienone is 1. The van der Waals surface area contributed by atoms with Gasteiger partial charge in [0, 0.05) is 24.3 Å². The molecule has 170 valence electrons. The van der Waals surface area contributed by atoms with Crippen molar-refractivity contribution in [3.8, 4) is 0 Å². The average molecular weight is 423 g/mol. The number of ketones is 1. The summed E-state index contributed by atoms with van der Waals surface area (Å²) >= 11 is 0. The number of hydrogen-bond donors (Lipinski definition) is 1. The number of aliphatic hydroxyl groups is 1. The Morgan fingerprint density at radius 3 is 2.67 bits per heavy atom. The van der Waals surface area contributed by atoms with E-state index in [1.165, 1.54) is 0 Å². The first-order valence-corrected chi connectivity index (χ1v) is 11.8. The summed E-state index contributed by atoms with van der Waals surface area (Å²) in [6.45, 7) is 6.59. The molecule has 0 aromatic rings. The van der Waals surface area contributed by atoms with E-state index in [0.29, 0.717) is 30.3 Å². The lowest BCUT2D eigenvalue weighted by Gasteiger charge is -2.58. The molecular formula is C24H38O6. The Labute approximate surface area is 180 Å². The third-order valence-corrected chi connectivity index (χ3v) is 8.24. The van der Waals surface area contributed by atoms with Gasteiger partial charge in [-0.25, -0.2) is 9.78 Å². The summed E-state index contributed by atoms with van der Waals surface area (Å²) in [5.41, 5.74) is -0.0647. The number of aliphatic hydroxyl groups excluding tert-OH is 1. The predicted molar refractivity (Wildman–Crippen MR) is 111 cm³/mol. The van der Waals surface area contributed by atoms with Crippen LogP contribution in [0.5, 0.6) is 0 Å². The Morgan fingerprint density at radius 1 is 1.17 bits per heavy atom. The topological polar surface area (TPSA) is 74.2 Å². The highest BCUT2D eigenvalue weighted by molar-refractivity contribution is 5.96. The van der Waals surface area contributed by atoms with Gasteiger partial charge in [0.2, 0.25) is 0 Å². The Hall–Kier alpha value is -0.790. The maximum absolute atomic E-state index is 12.3. The highest BCUT2D eigenvalue weighted by Gasteiger charge is 2.65. The smallest absolute Gasteiger partial charge is 0.190 e. The van der Waals surface area contributed by atoms with Gasteiger partial charge in [0.25, 0.3) is 0 Å². The van der Waals surface area contributed by atoms with Crippen LogP contribution in [0.1, 0.15) is 72.1 Å². The van der Waals surface area contributed by atoms with E-state index in [2.05, 4.69) is 20.8 Å². The first-order chi connectivity index (χ1) is 14.4. The van der Waals surface area contributed by atoms with Crippen molar-refractivity contribution in [1.82, 2.24) is 0 Å². The third-order valence-electron chi connectivity index (χ3n) is 8.24. The molecule has 1 N–H and O–H groups in total. The highest BCUT2D eigenvalue weighted by Crippen LogP contribution is 2.57. The van der Waals surface area contributed by atoms with Crippen molar-refractivity contribution in [2.24, 2.45) is 23.7 Å². The number of Topliss-reactive ketones (excluding diaryl/α,β-unsaturated/α-hetero) is 1. The van der Waals surface area contributed by atoms with E-state index in [1.807, 2.05) is 6.08 Å². The minimum absolute atomic E-state index is 0.0696. The minimum Gasteiger partial charge on any atom is -0.388 e. The van der Waals surface area contributed by atoms with Crippen molar-refractivity contribution in [1.29, 1.82) is 0 Å². The van der Waals surface area contributed by atoms with Gasteiger partial charge in [-0.15, -0.1) is 0 Å². The number of ether oxygens (including phenoxy) is 2. The monoisotopic (exact) mass is 422 g/mol. The van der Waals surface area contributed by atoms with E-state index in [4.69, 9.17) is 19.2 Å². The van der Waals surface area contributed by atoms with Gasteiger partial charge in [0.05, 0.1) is 25.4 Å². The van der Waals surface area contributed by atoms with E-state index in [-0.39, 0.29) is 29.8 Å². The number of carbonyl (C=O) groups excluding carboxylic acids is 1. The van der Waals surface area contributed by atoms with Gasteiger partial charge in [0.15, 0.2) is 17.7 Å². The van der Waals surface area contributed by atoms with Gasteiger partial charge in [-0.2, -0.15) is 0 Å². The van der Waals surface area contributed by atoms with Crippen LogP contribution in [0.4, 0.5) is 0 Å². The lowest BCUT2D eigenvalue weighted by Crippen LogP contribution is -2.67. The SMILES string of the molecule is COO[C@]12[C@H]3O[C@@H](C)CC[C@H]1[C@H](C)CC[C@H]2[C@@H](C)[C@@H](C[C@@H](O)C1=CCCCC1=O)O3. The summed E-state index contributed by atoms with van der Waals surface area (Å²) in [4.78, 5) is 23.7. The molecule has 0 aromatic heterocycles. The maximum atomic E-state index is 12.3. The molecule has 6 nitrogen and oxygen atoms in total. The molecule has 9 atom stereocenters. The number of hydrogen-bond acceptors (Lipinski definition) is 6. The van der Waals surface area contributed by atoms with Crippen molar-refractivity contribution in [2.45, 2.75) is 102 Å². The molecule has 2 saturated heterocycles. The first-order valence-electron chi connectivity index (χ1n) is 11.8. The molecule has 4 aliphatic rings. The first kappa shape index (κ1) is 22.4. The van der Waals surface area contributed by atoms with Gasteiger partial charge >= 0.3 is 0 Å². The van der Waals surface area contributed by atoms with Crippen LogP contribution in [-0.4, -0.2) is 48.2 Å². The van der Waals surface area contributed by atoms with Crippen molar-refractivity contribution in [3.05, 3.63) is 11.6 Å². The van der Waals surface area contributed by atoms with Gasteiger partial charge in [0.1, 0.15) is 0 Å². The van der Waals surface area contributed by atoms with Crippen LogP contribution in [-0.2, 0) is 24.0 Å². The molecule has 4 rings (SSSR count). The van der Waals surface area contributed by atoms with Crippen LogP contribution in [0.2, 0.25) is 0 Å². The molecule has 0 amide bonds. The molecule has 0 unspecified atom stereocenters. The molecule has 6 heteroatoms. The Bertz CT molecular complexity index is 662. The van der Waals surface area contributed by atoms with Crippen LogP contribution in [0, 0.1) is 23.7 Å². The normalized spacial score (nSPS) is 45.3. The fraction of sp³-hybridized carbons (Fsp3) is 0.875. The van der Waals surface area contributed by atoms with Gasteiger partial charge in [-0.3, -0.25) is 4.79 Å². The quantitative estimate of drug-likeness (QED) is 0.534. The van der Waals surface area contributed by atoms with E-state index in [1.54, 1.807) is 7.11 Å². The fourth-order valence-electron chi connectivity index (χ4n) is 6.63. The van der Waals surface area contributed by atoms with E-state index in [9.17, 15) is 9.90 Å². The molecule has 2 aliphatic heterocycles. The summed E-state index contributed by atoms with van der Waals surface area (Å²) in [5.74, 6) is 1.27. The molecule has 2 heterocycles. The van der Waals surface area contributed by atoms with Gasteiger partial charge in [-0.05, 0) is 63.2 Å². The summed E-state index contributed by atoms with van der Waals surface area (Å²) in [5, 5.41) is 10.9. The molecule has 0 aromatic carbocycles. The van der Waals surface area contributed by atoms with Crippen molar-refractivity contribution < 1.29 is 29.1 Å². The summed E-state index contributed by atoms with van der Waals surface area (Å²) in [6, 6.07) is 0. The van der Waals surface area contributed by atoms with Crippen LogP contribution in [0.25, 0.3) is 0 Å². The fourth-order valence-corrected chi connectivity index (χ4v) is 6.63. The number of rotatable bonds is 5. The largest absolute Gasteiger partial charge is 0.388 e. The summed E-state index contributed by atoms with van der Waals surface area (Å²) in [7, 11) is 1.57. The van der Waals surface area contributed by atoms with Crippen molar-refractivity contribution in [3.63, 3.8) is 0 Å². The van der Waals surface area contributed by atoms with Gasteiger partial charge < -0.3 is 14.6 Å². The Morgan fingerprint density at radius 2 is 1.93 bits per heavy atom. The average Bonchev–Trinajstić information content (AvgIpc) is 2.85. The lowest BCUT2D eigenvalue weighted by atomic mass is 9.57. The Kier molecular flexibility index (Phi) is 6.71. The second-order valence-electron chi connectivity index (χ2n) is 9.99. The molecule has 3 fully saturated rings. The van der Waals surface area contributed by atoms with Crippen LogP contribution in [0.15, 0.2) is 11.6 Å². The molecule has 0 spiro atoms. The molecule has 30 heavy (non-hydrogen) atoms. The Balaban J connectivity index is 1.62. The standard InChI is InChI=1S/C24H38O6/c1-14-9-11-19-16(3)22(13-21(26)17-7-5-6-8-20(17)25)29-23-24(19,30-27-4)18(14)12-10-15(2)28-23/h7,14-16,18-19,21-23,26H,5-6,8-13H2,1-4H3/t14-,15+,16-,18+,19+,21-,22-,23+,24-/m1/s1.